The third-order valence-electron chi connectivity index (χ3n) is 5.37. The molecule has 1 atom stereocenters. The summed E-state index contributed by atoms with van der Waals surface area (Å²) in [5, 5.41) is 5.25. The minimum absolute atomic E-state index is 0.146. The van der Waals surface area contributed by atoms with Crippen molar-refractivity contribution in [2.45, 2.75) is 26.0 Å². The van der Waals surface area contributed by atoms with Crippen LogP contribution in [0.2, 0.25) is 0 Å². The quantitative estimate of drug-likeness (QED) is 0.672. The number of hydrogen-bond donors (Lipinski definition) is 2. The summed E-state index contributed by atoms with van der Waals surface area (Å²) in [5.41, 5.74) is 1.73. The molecule has 164 valence electrons. The van der Waals surface area contributed by atoms with Gasteiger partial charge >= 0.3 is 0 Å². The SMILES string of the molecule is CCC1Oc2cnc(CN3CCN(c4cnc(C(=O)NC)nc4F)CC3)cc2NC1=O. The zero-order chi connectivity index (χ0) is 22.0. The Hall–Kier alpha value is -3.34. The van der Waals surface area contributed by atoms with Crippen molar-refractivity contribution in [3.63, 3.8) is 0 Å². The highest BCUT2D eigenvalue weighted by Gasteiger charge is 2.27. The van der Waals surface area contributed by atoms with Gasteiger partial charge in [0, 0.05) is 39.8 Å². The number of carbonyl (C=O) groups is 2. The number of nitrogens with one attached hydrogen (secondary N) is 2. The number of anilines is 2. The molecular formula is C20H24FN7O3. The number of carbonyl (C=O) groups excluding carboxylic acids is 2. The van der Waals surface area contributed by atoms with E-state index < -0.39 is 18.0 Å². The summed E-state index contributed by atoms with van der Waals surface area (Å²) in [6.07, 6.45) is 3.10. The number of aromatic nitrogens is 3. The van der Waals surface area contributed by atoms with Crippen LogP contribution in [-0.2, 0) is 11.3 Å². The van der Waals surface area contributed by atoms with Crippen LogP contribution in [0, 0.1) is 5.95 Å². The second kappa shape index (κ2) is 8.80. The number of hydrogen-bond acceptors (Lipinski definition) is 8. The molecule has 1 saturated heterocycles. The van der Waals surface area contributed by atoms with Gasteiger partial charge in [-0.1, -0.05) is 6.92 Å². The number of amides is 2. The van der Waals surface area contributed by atoms with Crippen LogP contribution in [0.15, 0.2) is 18.5 Å². The van der Waals surface area contributed by atoms with E-state index in [2.05, 4.69) is 30.5 Å². The van der Waals surface area contributed by atoms with Crippen LogP contribution in [0.3, 0.4) is 0 Å². The van der Waals surface area contributed by atoms with Crippen molar-refractivity contribution < 1.29 is 18.7 Å². The molecule has 0 aromatic carbocycles. The Bertz CT molecular complexity index is 995. The van der Waals surface area contributed by atoms with Crippen molar-refractivity contribution in [1.82, 2.24) is 25.2 Å². The van der Waals surface area contributed by atoms with Crippen LogP contribution >= 0.6 is 0 Å². The van der Waals surface area contributed by atoms with Gasteiger partial charge in [-0.15, -0.1) is 0 Å². The predicted molar refractivity (Wildman–Crippen MR) is 110 cm³/mol. The summed E-state index contributed by atoms with van der Waals surface area (Å²) >= 11 is 0. The second-order valence-corrected chi connectivity index (χ2v) is 7.39. The van der Waals surface area contributed by atoms with E-state index in [9.17, 15) is 14.0 Å². The molecule has 2 aromatic rings. The maximum atomic E-state index is 14.4. The number of ether oxygens (including phenoxy) is 1. The van der Waals surface area contributed by atoms with E-state index in [4.69, 9.17) is 4.74 Å². The first kappa shape index (κ1) is 20.9. The monoisotopic (exact) mass is 429 g/mol. The van der Waals surface area contributed by atoms with Gasteiger partial charge in [-0.25, -0.2) is 4.98 Å². The third-order valence-corrected chi connectivity index (χ3v) is 5.37. The minimum atomic E-state index is -0.709. The normalized spacial score (nSPS) is 18.7. The molecule has 2 aromatic heterocycles. The predicted octanol–water partition coefficient (Wildman–Crippen LogP) is 0.802. The fourth-order valence-corrected chi connectivity index (χ4v) is 3.62. The molecule has 4 rings (SSSR count). The van der Waals surface area contributed by atoms with Crippen molar-refractivity contribution in [2.24, 2.45) is 0 Å². The number of halogens is 1. The van der Waals surface area contributed by atoms with Crippen LogP contribution in [0.5, 0.6) is 5.75 Å². The first-order valence-electron chi connectivity index (χ1n) is 10.2. The zero-order valence-electron chi connectivity index (χ0n) is 17.4. The lowest BCUT2D eigenvalue weighted by Crippen LogP contribution is -2.46. The van der Waals surface area contributed by atoms with Crippen LogP contribution in [0.1, 0.15) is 29.7 Å². The van der Waals surface area contributed by atoms with E-state index in [1.807, 2.05) is 17.9 Å². The maximum Gasteiger partial charge on any atom is 0.288 e. The Morgan fingerprint density at radius 2 is 2.06 bits per heavy atom. The molecule has 0 saturated carbocycles. The average Bonchev–Trinajstić information content (AvgIpc) is 2.78. The Morgan fingerprint density at radius 3 is 2.74 bits per heavy atom. The van der Waals surface area contributed by atoms with Gasteiger partial charge in [-0.05, 0) is 12.5 Å². The molecule has 10 nitrogen and oxygen atoms in total. The number of piperazine rings is 1. The van der Waals surface area contributed by atoms with Gasteiger partial charge in [0.15, 0.2) is 11.9 Å². The van der Waals surface area contributed by atoms with Crippen molar-refractivity contribution in [3.05, 3.63) is 35.9 Å². The molecule has 1 fully saturated rings. The van der Waals surface area contributed by atoms with E-state index in [1.165, 1.54) is 13.2 Å². The lowest BCUT2D eigenvalue weighted by atomic mass is 10.2. The average molecular weight is 429 g/mol. The van der Waals surface area contributed by atoms with Gasteiger partial charge < -0.3 is 20.3 Å². The molecular weight excluding hydrogens is 405 g/mol. The van der Waals surface area contributed by atoms with E-state index in [1.54, 1.807) is 6.20 Å². The van der Waals surface area contributed by atoms with Crippen molar-refractivity contribution >= 4 is 23.2 Å². The van der Waals surface area contributed by atoms with Crippen molar-refractivity contribution in [2.75, 3.05) is 43.4 Å². The van der Waals surface area contributed by atoms with Crippen LogP contribution in [-0.4, -0.2) is 71.0 Å². The van der Waals surface area contributed by atoms with Gasteiger partial charge in [-0.3, -0.25) is 19.5 Å². The molecule has 31 heavy (non-hydrogen) atoms. The largest absolute Gasteiger partial charge is 0.477 e. The van der Waals surface area contributed by atoms with Crippen LogP contribution in [0.4, 0.5) is 15.8 Å². The molecule has 2 aliphatic heterocycles. The Morgan fingerprint density at radius 1 is 1.29 bits per heavy atom. The fourth-order valence-electron chi connectivity index (χ4n) is 3.62. The number of rotatable bonds is 5. The molecule has 4 heterocycles. The highest BCUT2D eigenvalue weighted by Crippen LogP contribution is 2.30. The Labute approximate surface area is 178 Å². The lowest BCUT2D eigenvalue weighted by molar-refractivity contribution is -0.123. The van der Waals surface area contributed by atoms with E-state index in [-0.39, 0.29) is 17.4 Å². The van der Waals surface area contributed by atoms with Gasteiger partial charge in [0.2, 0.25) is 11.8 Å². The molecule has 2 N–H and O–H groups in total. The van der Waals surface area contributed by atoms with Crippen LogP contribution in [0.25, 0.3) is 0 Å². The molecule has 11 heteroatoms. The molecule has 0 bridgehead atoms. The van der Waals surface area contributed by atoms with Crippen molar-refractivity contribution in [3.8, 4) is 5.75 Å². The summed E-state index contributed by atoms with van der Waals surface area (Å²) in [4.78, 5) is 39.7. The van der Waals surface area contributed by atoms with Gasteiger partial charge in [0.1, 0.15) is 5.69 Å². The van der Waals surface area contributed by atoms with Gasteiger partial charge in [0.05, 0.1) is 23.8 Å². The van der Waals surface area contributed by atoms with E-state index in [0.717, 1.165) is 5.69 Å². The summed E-state index contributed by atoms with van der Waals surface area (Å²) in [6.45, 7) is 5.05. The smallest absolute Gasteiger partial charge is 0.288 e. The van der Waals surface area contributed by atoms with Crippen LogP contribution < -0.4 is 20.3 Å². The van der Waals surface area contributed by atoms with Gasteiger partial charge in [-0.2, -0.15) is 9.37 Å². The molecule has 0 aliphatic carbocycles. The molecule has 2 aliphatic rings. The Kier molecular flexibility index (Phi) is 5.94. The number of nitrogens with zero attached hydrogens (tertiary/aromatic N) is 5. The molecule has 0 spiro atoms. The van der Waals surface area contributed by atoms with Gasteiger partial charge in [0.25, 0.3) is 11.8 Å². The van der Waals surface area contributed by atoms with E-state index in [0.29, 0.717) is 50.6 Å². The zero-order valence-corrected chi connectivity index (χ0v) is 17.4. The minimum Gasteiger partial charge on any atom is -0.477 e. The highest BCUT2D eigenvalue weighted by molar-refractivity contribution is 5.97. The molecule has 2 amide bonds. The highest BCUT2D eigenvalue weighted by atomic mass is 19.1. The topological polar surface area (TPSA) is 113 Å². The standard InChI is InChI=1S/C20H24FN7O3/c1-3-15-19(29)25-13-8-12(23-10-16(13)31-15)11-27-4-6-28(7-5-27)14-9-24-18(20(30)22-2)26-17(14)21/h8-10,15H,3-7,11H2,1-2H3,(H,22,30)(H,25,29). The van der Waals surface area contributed by atoms with E-state index >= 15 is 0 Å². The third kappa shape index (κ3) is 4.41. The first-order valence-corrected chi connectivity index (χ1v) is 10.2. The lowest BCUT2D eigenvalue weighted by Gasteiger charge is -2.35. The summed E-state index contributed by atoms with van der Waals surface area (Å²) in [7, 11) is 1.44. The summed E-state index contributed by atoms with van der Waals surface area (Å²) in [5.74, 6) is -0.996. The fraction of sp³-hybridized carbons (Fsp3) is 0.450. The first-order chi connectivity index (χ1) is 15.0. The maximum absolute atomic E-state index is 14.4. The van der Waals surface area contributed by atoms with Crippen molar-refractivity contribution in [1.29, 1.82) is 0 Å². The number of fused-ring (bicyclic) bond motifs is 1. The number of pyridine rings is 1. The summed E-state index contributed by atoms with van der Waals surface area (Å²) < 4.78 is 20.1. The second-order valence-electron chi connectivity index (χ2n) is 7.39. The summed E-state index contributed by atoms with van der Waals surface area (Å²) in [6, 6.07) is 1.83. The molecule has 0 radical (unpaired) electrons. The Balaban J connectivity index is 1.36. The molecule has 1 unspecified atom stereocenters.